The van der Waals surface area contributed by atoms with E-state index in [1.165, 1.54) is 0 Å². The molecule has 0 saturated carbocycles. The summed E-state index contributed by atoms with van der Waals surface area (Å²) in [5.41, 5.74) is 0.234. The summed E-state index contributed by atoms with van der Waals surface area (Å²) in [4.78, 5) is 0. The Bertz CT molecular complexity index is 1030. The van der Waals surface area contributed by atoms with Crippen LogP contribution >= 0.6 is 0 Å². The highest BCUT2D eigenvalue weighted by Crippen LogP contribution is 2.43. The average Bonchev–Trinajstić information content (AvgIpc) is 2.83. The number of hydrogen-bond donors (Lipinski definition) is 0. The molecule has 1 atom stereocenters. The molecule has 6 heteroatoms. The van der Waals surface area contributed by atoms with Crippen molar-refractivity contribution < 1.29 is 22.6 Å². The van der Waals surface area contributed by atoms with Crippen molar-refractivity contribution in [2.24, 2.45) is 0 Å². The number of rotatable bonds is 9. The van der Waals surface area contributed by atoms with E-state index in [4.69, 9.17) is 14.2 Å². The lowest BCUT2D eigenvalue weighted by Gasteiger charge is -2.38. The van der Waals surface area contributed by atoms with Crippen LogP contribution in [0.3, 0.4) is 0 Å². The van der Waals surface area contributed by atoms with Crippen molar-refractivity contribution in [1.82, 2.24) is 0 Å². The van der Waals surface area contributed by atoms with Crippen LogP contribution < -0.4 is 9.47 Å². The Morgan fingerprint density at radius 1 is 0.742 bits per heavy atom. The van der Waals surface area contributed by atoms with Gasteiger partial charge in [-0.05, 0) is 47.9 Å². The van der Waals surface area contributed by atoms with Crippen molar-refractivity contribution in [3.8, 4) is 11.5 Å². The van der Waals surface area contributed by atoms with E-state index in [0.717, 1.165) is 16.7 Å². The van der Waals surface area contributed by atoms with Gasteiger partial charge in [-0.15, -0.1) is 0 Å². The quantitative estimate of drug-likeness (QED) is 0.448. The minimum atomic E-state index is -3.45. The van der Waals surface area contributed by atoms with E-state index >= 15 is 0 Å². The normalized spacial score (nSPS) is 12.9. The average molecular weight is 441 g/mol. The van der Waals surface area contributed by atoms with Gasteiger partial charge in [-0.2, -0.15) is 0 Å². The molecule has 0 heterocycles. The topological polar surface area (TPSA) is 61.8 Å². The van der Waals surface area contributed by atoms with Crippen LogP contribution in [-0.4, -0.2) is 33.8 Å². The van der Waals surface area contributed by atoms with Crippen molar-refractivity contribution >= 4 is 9.84 Å². The first-order valence-electron chi connectivity index (χ1n) is 10.1. The second-order valence-corrected chi connectivity index (χ2v) is 9.71. The molecule has 3 aromatic carbocycles. The summed E-state index contributed by atoms with van der Waals surface area (Å²) in [5, 5.41) is 0. The molecule has 0 N–H and O–H groups in total. The zero-order chi connectivity index (χ0) is 22.5. The zero-order valence-corrected chi connectivity index (χ0v) is 19.1. The largest absolute Gasteiger partial charge is 0.497 e. The first kappa shape index (κ1) is 22.8. The Balaban J connectivity index is 2.30. The summed E-state index contributed by atoms with van der Waals surface area (Å²) in [6.07, 6.45) is 0. The van der Waals surface area contributed by atoms with Gasteiger partial charge in [0.05, 0.1) is 14.2 Å². The van der Waals surface area contributed by atoms with Crippen LogP contribution in [0.15, 0.2) is 78.9 Å². The molecule has 0 bridgehead atoms. The smallest absolute Gasteiger partial charge is 0.176 e. The second kappa shape index (κ2) is 9.54. The predicted octanol–water partition coefficient (Wildman–Crippen LogP) is 4.79. The Hall–Kier alpha value is -2.83. The van der Waals surface area contributed by atoms with Crippen molar-refractivity contribution in [1.29, 1.82) is 0 Å². The molecule has 3 aromatic rings. The molecule has 0 fully saturated rings. The van der Waals surface area contributed by atoms with E-state index in [1.54, 1.807) is 28.1 Å². The van der Waals surface area contributed by atoms with E-state index in [9.17, 15) is 8.42 Å². The fraction of sp³-hybridized carbons (Fsp3) is 0.280. The molecular formula is C25H28O5S. The van der Waals surface area contributed by atoms with Gasteiger partial charge in [-0.25, -0.2) is 8.42 Å². The molecule has 0 saturated heterocycles. The molecule has 164 valence electrons. The van der Waals surface area contributed by atoms with E-state index in [2.05, 4.69) is 0 Å². The van der Waals surface area contributed by atoms with Gasteiger partial charge in [0.15, 0.2) is 15.3 Å². The maximum absolute atomic E-state index is 12.7. The van der Waals surface area contributed by atoms with Gasteiger partial charge in [-0.1, -0.05) is 61.5 Å². The molecule has 0 aliphatic heterocycles. The molecule has 1 unspecified atom stereocenters. The fourth-order valence-electron chi connectivity index (χ4n) is 3.59. The highest BCUT2D eigenvalue weighted by Gasteiger charge is 2.41. The van der Waals surface area contributed by atoms with E-state index < -0.39 is 20.9 Å². The Morgan fingerprint density at radius 3 is 1.55 bits per heavy atom. The monoisotopic (exact) mass is 440 g/mol. The standard InChI is InChI=1S/C25H28O5S/c1-5-31(26,27)19(2)30-25(20-9-7-6-8-10-20,21-11-15-23(28-3)16-12-21)22-13-17-24(29-4)18-14-22/h6-19H,5H2,1-4H3. The van der Waals surface area contributed by atoms with Crippen LogP contribution in [0.1, 0.15) is 30.5 Å². The van der Waals surface area contributed by atoms with Crippen LogP contribution in [0.25, 0.3) is 0 Å². The van der Waals surface area contributed by atoms with Crippen LogP contribution in [0.2, 0.25) is 0 Å². The molecule has 0 aliphatic rings. The summed E-state index contributed by atoms with van der Waals surface area (Å²) in [6, 6.07) is 24.6. The van der Waals surface area contributed by atoms with Crippen LogP contribution in [-0.2, 0) is 20.2 Å². The number of benzene rings is 3. The summed E-state index contributed by atoms with van der Waals surface area (Å²) < 4.78 is 42.6. The first-order chi connectivity index (χ1) is 14.9. The number of methoxy groups -OCH3 is 2. The summed E-state index contributed by atoms with van der Waals surface area (Å²) in [6.45, 7) is 3.21. The molecule has 0 spiro atoms. The lowest BCUT2D eigenvalue weighted by Crippen LogP contribution is -2.39. The summed E-state index contributed by atoms with van der Waals surface area (Å²) in [5.74, 6) is 1.40. The lowest BCUT2D eigenvalue weighted by atomic mass is 9.80. The highest BCUT2D eigenvalue weighted by molar-refractivity contribution is 7.91. The maximum atomic E-state index is 12.7. The summed E-state index contributed by atoms with van der Waals surface area (Å²) in [7, 11) is -0.240. The van der Waals surface area contributed by atoms with Crippen LogP contribution in [0, 0.1) is 0 Å². The van der Waals surface area contributed by atoms with Crippen molar-refractivity contribution in [3.05, 3.63) is 95.6 Å². The molecule has 31 heavy (non-hydrogen) atoms. The van der Waals surface area contributed by atoms with Crippen molar-refractivity contribution in [2.45, 2.75) is 24.9 Å². The number of sulfone groups is 1. The number of ether oxygens (including phenoxy) is 3. The van der Waals surface area contributed by atoms with Crippen molar-refractivity contribution in [2.75, 3.05) is 20.0 Å². The molecular weight excluding hydrogens is 412 g/mol. The first-order valence-corrected chi connectivity index (χ1v) is 11.8. The van der Waals surface area contributed by atoms with Gasteiger partial charge in [0, 0.05) is 5.75 Å². The van der Waals surface area contributed by atoms with Crippen molar-refractivity contribution in [3.63, 3.8) is 0 Å². The Kier molecular flexibility index (Phi) is 7.03. The predicted molar refractivity (Wildman–Crippen MR) is 122 cm³/mol. The highest BCUT2D eigenvalue weighted by atomic mass is 32.2. The van der Waals surface area contributed by atoms with Gasteiger partial charge in [-0.3, -0.25) is 0 Å². The van der Waals surface area contributed by atoms with E-state index in [0.29, 0.717) is 11.5 Å². The molecule has 0 aliphatic carbocycles. The fourth-order valence-corrected chi connectivity index (χ4v) is 4.35. The third-order valence-electron chi connectivity index (χ3n) is 5.42. The Morgan fingerprint density at radius 2 is 1.16 bits per heavy atom. The van der Waals surface area contributed by atoms with Gasteiger partial charge in [0.2, 0.25) is 0 Å². The maximum Gasteiger partial charge on any atom is 0.176 e. The van der Waals surface area contributed by atoms with Crippen LogP contribution in [0.4, 0.5) is 0 Å². The SMILES string of the molecule is CCS(=O)(=O)C(C)OC(c1ccccc1)(c1ccc(OC)cc1)c1ccc(OC)cc1. The second-order valence-electron chi connectivity index (χ2n) is 7.14. The molecule has 0 aromatic heterocycles. The van der Waals surface area contributed by atoms with E-state index in [1.807, 2.05) is 78.9 Å². The third kappa shape index (κ3) is 4.60. The minimum Gasteiger partial charge on any atom is -0.497 e. The molecule has 0 radical (unpaired) electrons. The van der Waals surface area contributed by atoms with Gasteiger partial charge >= 0.3 is 0 Å². The zero-order valence-electron chi connectivity index (χ0n) is 18.2. The minimum absolute atomic E-state index is 0.00966. The van der Waals surface area contributed by atoms with E-state index in [-0.39, 0.29) is 5.75 Å². The van der Waals surface area contributed by atoms with Crippen LogP contribution in [0.5, 0.6) is 11.5 Å². The van der Waals surface area contributed by atoms with Gasteiger partial charge in [0.25, 0.3) is 0 Å². The number of hydrogen-bond acceptors (Lipinski definition) is 5. The summed E-state index contributed by atoms with van der Waals surface area (Å²) >= 11 is 0. The van der Waals surface area contributed by atoms with Gasteiger partial charge in [0.1, 0.15) is 17.1 Å². The lowest BCUT2D eigenvalue weighted by molar-refractivity contribution is -0.000825. The molecule has 3 rings (SSSR count). The third-order valence-corrected chi connectivity index (χ3v) is 7.34. The van der Waals surface area contributed by atoms with Gasteiger partial charge < -0.3 is 14.2 Å². The molecule has 0 amide bonds. The molecule has 5 nitrogen and oxygen atoms in total. The Labute approximate surface area is 184 Å².